The van der Waals surface area contributed by atoms with Crippen molar-refractivity contribution < 1.29 is 19.5 Å². The third-order valence-corrected chi connectivity index (χ3v) is 2.61. The number of aliphatic carboxylic acids is 1. The number of hydrogen-bond donors (Lipinski definition) is 4. The number of benzene rings is 1. The van der Waals surface area contributed by atoms with Gasteiger partial charge in [0.2, 0.25) is 5.91 Å². The first-order valence-corrected chi connectivity index (χ1v) is 5.99. The minimum atomic E-state index is -1.14. The number of amides is 3. The lowest BCUT2D eigenvalue weighted by molar-refractivity contribution is -0.137. The fourth-order valence-electron chi connectivity index (χ4n) is 1.39. The zero-order valence-corrected chi connectivity index (χ0v) is 11.3. The lowest BCUT2D eigenvalue weighted by atomic mass is 10.1. The van der Waals surface area contributed by atoms with Gasteiger partial charge in [-0.15, -0.1) is 0 Å². The molecule has 0 saturated heterocycles. The molecule has 1 aromatic carbocycles. The number of urea groups is 1. The van der Waals surface area contributed by atoms with Gasteiger partial charge >= 0.3 is 12.0 Å². The van der Waals surface area contributed by atoms with Crippen LogP contribution in [0, 0.1) is 13.8 Å². The van der Waals surface area contributed by atoms with E-state index in [-0.39, 0.29) is 6.54 Å². The molecule has 20 heavy (non-hydrogen) atoms. The molecular weight excluding hydrogens is 262 g/mol. The molecule has 7 heteroatoms. The third-order valence-electron chi connectivity index (χ3n) is 2.61. The molecule has 4 N–H and O–H groups in total. The molecule has 0 aromatic heterocycles. The molecule has 0 unspecified atom stereocenters. The van der Waals surface area contributed by atoms with Gasteiger partial charge in [0.1, 0.15) is 6.54 Å². The number of hydrogen-bond acceptors (Lipinski definition) is 3. The van der Waals surface area contributed by atoms with Crippen LogP contribution in [0.15, 0.2) is 18.2 Å². The average molecular weight is 279 g/mol. The minimum Gasteiger partial charge on any atom is -0.480 e. The summed E-state index contributed by atoms with van der Waals surface area (Å²) in [5, 5.41) is 15.4. The van der Waals surface area contributed by atoms with Crippen molar-refractivity contribution >= 4 is 23.6 Å². The maximum atomic E-state index is 11.5. The van der Waals surface area contributed by atoms with Crippen LogP contribution in [0.5, 0.6) is 0 Å². The highest BCUT2D eigenvalue weighted by Crippen LogP contribution is 2.13. The highest BCUT2D eigenvalue weighted by molar-refractivity contribution is 5.92. The first-order valence-electron chi connectivity index (χ1n) is 5.99. The molecule has 0 atom stereocenters. The van der Waals surface area contributed by atoms with E-state index in [1.807, 2.05) is 26.0 Å². The smallest absolute Gasteiger partial charge is 0.322 e. The molecule has 0 spiro atoms. The normalized spacial score (nSPS) is 9.70. The van der Waals surface area contributed by atoms with Crippen LogP contribution in [0.1, 0.15) is 11.1 Å². The number of aryl methyl sites for hydroxylation is 2. The predicted molar refractivity (Wildman–Crippen MR) is 73.6 cm³/mol. The van der Waals surface area contributed by atoms with Gasteiger partial charge in [-0.1, -0.05) is 6.07 Å². The molecule has 0 heterocycles. The first-order chi connectivity index (χ1) is 9.38. The second-order valence-electron chi connectivity index (χ2n) is 4.28. The van der Waals surface area contributed by atoms with Crippen molar-refractivity contribution in [1.29, 1.82) is 0 Å². The molecular formula is C13H17N3O4. The van der Waals surface area contributed by atoms with Gasteiger partial charge in [-0.3, -0.25) is 9.59 Å². The summed E-state index contributed by atoms with van der Waals surface area (Å²) in [5.41, 5.74) is 2.78. The molecule has 0 bridgehead atoms. The van der Waals surface area contributed by atoms with E-state index in [9.17, 15) is 14.4 Å². The summed E-state index contributed by atoms with van der Waals surface area (Å²) in [6, 6.07) is 4.93. The van der Waals surface area contributed by atoms with E-state index in [0.29, 0.717) is 5.69 Å². The highest BCUT2D eigenvalue weighted by atomic mass is 16.4. The van der Waals surface area contributed by atoms with Crippen LogP contribution in [0.3, 0.4) is 0 Å². The van der Waals surface area contributed by atoms with Gasteiger partial charge in [0.15, 0.2) is 0 Å². The van der Waals surface area contributed by atoms with E-state index in [1.165, 1.54) is 0 Å². The van der Waals surface area contributed by atoms with Crippen LogP contribution in [0.25, 0.3) is 0 Å². The Morgan fingerprint density at radius 1 is 1.05 bits per heavy atom. The Morgan fingerprint density at radius 2 is 1.75 bits per heavy atom. The zero-order valence-electron chi connectivity index (χ0n) is 11.3. The fraction of sp³-hybridized carbons (Fsp3) is 0.308. The van der Waals surface area contributed by atoms with Crippen LogP contribution < -0.4 is 16.0 Å². The Balaban J connectivity index is 2.38. The van der Waals surface area contributed by atoms with Gasteiger partial charge in [-0.05, 0) is 37.1 Å². The Hall–Kier alpha value is -2.57. The zero-order chi connectivity index (χ0) is 15.1. The first kappa shape index (κ1) is 15.5. The summed E-state index contributed by atoms with van der Waals surface area (Å²) < 4.78 is 0. The van der Waals surface area contributed by atoms with Crippen LogP contribution in [-0.4, -0.2) is 36.1 Å². The van der Waals surface area contributed by atoms with E-state index < -0.39 is 24.5 Å². The van der Waals surface area contributed by atoms with Gasteiger partial charge in [0.05, 0.1) is 6.54 Å². The standard InChI is InChI=1S/C13H17N3O4/c1-8-3-4-10(5-9(8)2)16-13(20)15-6-11(17)14-7-12(18)19/h3-5H,6-7H2,1-2H3,(H,14,17)(H,18,19)(H2,15,16,20). The number of carboxylic acids is 1. The number of nitrogens with one attached hydrogen (secondary N) is 3. The van der Waals surface area contributed by atoms with Gasteiger partial charge in [-0.2, -0.15) is 0 Å². The number of anilines is 1. The van der Waals surface area contributed by atoms with Crippen molar-refractivity contribution in [2.45, 2.75) is 13.8 Å². The summed E-state index contributed by atoms with van der Waals surface area (Å²) in [6.07, 6.45) is 0. The molecule has 0 saturated carbocycles. The average Bonchev–Trinajstić information content (AvgIpc) is 2.38. The van der Waals surface area contributed by atoms with Crippen molar-refractivity contribution in [2.75, 3.05) is 18.4 Å². The predicted octanol–water partition coefficient (Wildman–Crippen LogP) is 0.626. The van der Waals surface area contributed by atoms with Crippen LogP contribution >= 0.6 is 0 Å². The van der Waals surface area contributed by atoms with Crippen LogP contribution in [-0.2, 0) is 9.59 Å². The molecule has 3 amide bonds. The Labute approximate surface area is 116 Å². The summed E-state index contributed by atoms with van der Waals surface area (Å²) >= 11 is 0. The Kier molecular flexibility index (Phi) is 5.52. The molecule has 108 valence electrons. The van der Waals surface area contributed by atoms with Gasteiger partial charge < -0.3 is 21.1 Å². The second kappa shape index (κ2) is 7.13. The summed E-state index contributed by atoms with van der Waals surface area (Å²) in [7, 11) is 0. The van der Waals surface area contributed by atoms with Gasteiger partial charge in [0.25, 0.3) is 0 Å². The molecule has 1 aromatic rings. The van der Waals surface area contributed by atoms with Crippen molar-refractivity contribution in [3.05, 3.63) is 29.3 Å². The fourth-order valence-corrected chi connectivity index (χ4v) is 1.39. The van der Waals surface area contributed by atoms with Crippen LogP contribution in [0.2, 0.25) is 0 Å². The van der Waals surface area contributed by atoms with Crippen molar-refractivity contribution in [3.63, 3.8) is 0 Å². The van der Waals surface area contributed by atoms with Crippen LogP contribution in [0.4, 0.5) is 10.5 Å². The van der Waals surface area contributed by atoms with E-state index in [4.69, 9.17) is 5.11 Å². The Bertz CT molecular complexity index is 528. The molecule has 1 rings (SSSR count). The summed E-state index contributed by atoms with van der Waals surface area (Å²) in [4.78, 5) is 32.9. The van der Waals surface area contributed by atoms with E-state index in [1.54, 1.807) is 6.07 Å². The van der Waals surface area contributed by atoms with Crippen molar-refractivity contribution in [2.24, 2.45) is 0 Å². The highest BCUT2D eigenvalue weighted by Gasteiger charge is 2.07. The molecule has 0 radical (unpaired) electrons. The lowest BCUT2D eigenvalue weighted by Gasteiger charge is -2.09. The monoisotopic (exact) mass is 279 g/mol. The maximum absolute atomic E-state index is 11.5. The van der Waals surface area contributed by atoms with E-state index >= 15 is 0 Å². The van der Waals surface area contributed by atoms with E-state index in [0.717, 1.165) is 11.1 Å². The summed E-state index contributed by atoms with van der Waals surface area (Å²) in [6.45, 7) is 3.13. The maximum Gasteiger partial charge on any atom is 0.322 e. The number of carboxylic acid groups (broad SMARTS) is 1. The molecule has 0 aliphatic heterocycles. The van der Waals surface area contributed by atoms with E-state index in [2.05, 4.69) is 16.0 Å². The van der Waals surface area contributed by atoms with Crippen molar-refractivity contribution in [3.8, 4) is 0 Å². The number of rotatable bonds is 5. The molecule has 7 nitrogen and oxygen atoms in total. The minimum absolute atomic E-state index is 0.288. The van der Waals surface area contributed by atoms with Gasteiger partial charge in [0, 0.05) is 5.69 Å². The topological polar surface area (TPSA) is 108 Å². The lowest BCUT2D eigenvalue weighted by Crippen LogP contribution is -2.40. The molecule has 0 fully saturated rings. The molecule has 0 aliphatic carbocycles. The largest absolute Gasteiger partial charge is 0.480 e. The summed E-state index contributed by atoms with van der Waals surface area (Å²) in [5.74, 6) is -1.71. The quantitative estimate of drug-likeness (QED) is 0.634. The second-order valence-corrected chi connectivity index (χ2v) is 4.28. The third kappa shape index (κ3) is 5.38. The van der Waals surface area contributed by atoms with Gasteiger partial charge in [-0.25, -0.2) is 4.79 Å². The number of carbonyl (C=O) groups excluding carboxylic acids is 2. The Morgan fingerprint density at radius 3 is 2.35 bits per heavy atom. The molecule has 0 aliphatic rings. The SMILES string of the molecule is Cc1ccc(NC(=O)NCC(=O)NCC(=O)O)cc1C. The van der Waals surface area contributed by atoms with Crippen molar-refractivity contribution in [1.82, 2.24) is 10.6 Å². The number of carbonyl (C=O) groups is 3.